The fraction of sp³-hybridized carbons (Fsp3) is 0.333. The van der Waals surface area contributed by atoms with Gasteiger partial charge in [0.25, 0.3) is 0 Å². The molecule has 0 bridgehead atoms. The molecular formula is C15H19N3O2. The van der Waals surface area contributed by atoms with E-state index in [0.29, 0.717) is 6.54 Å². The summed E-state index contributed by atoms with van der Waals surface area (Å²) in [7, 11) is 0. The molecule has 5 nitrogen and oxygen atoms in total. The standard InChI is InChI=1S/C15H19N3O2/c1-15(2,3)20-14(19)18-17-10-12-7-4-6-11-8-5-9-16-13(11)12/h4-9,17H,10H2,1-3H3,(H,18,19). The number of fused-ring (bicyclic) bond motifs is 1. The van der Waals surface area contributed by atoms with Gasteiger partial charge in [0.15, 0.2) is 0 Å². The number of benzene rings is 1. The van der Waals surface area contributed by atoms with Crippen molar-refractivity contribution < 1.29 is 9.53 Å². The van der Waals surface area contributed by atoms with Crippen LogP contribution < -0.4 is 10.9 Å². The van der Waals surface area contributed by atoms with Gasteiger partial charge in [-0.15, -0.1) is 0 Å². The third kappa shape index (κ3) is 3.93. The van der Waals surface area contributed by atoms with Gasteiger partial charge in [-0.1, -0.05) is 24.3 Å². The molecule has 5 heteroatoms. The minimum atomic E-state index is -0.507. The summed E-state index contributed by atoms with van der Waals surface area (Å²) in [6.45, 7) is 5.94. The number of carbonyl (C=O) groups excluding carboxylic acids is 1. The van der Waals surface area contributed by atoms with Gasteiger partial charge in [-0.05, 0) is 32.4 Å². The largest absolute Gasteiger partial charge is 0.443 e. The SMILES string of the molecule is CC(C)(C)OC(=O)NNCc1cccc2cccnc12. The first kappa shape index (κ1) is 14.3. The van der Waals surface area contributed by atoms with Crippen molar-refractivity contribution in [3.05, 3.63) is 42.1 Å². The topological polar surface area (TPSA) is 63.2 Å². The summed E-state index contributed by atoms with van der Waals surface area (Å²) in [4.78, 5) is 15.9. The molecule has 0 spiro atoms. The number of rotatable bonds is 3. The Morgan fingerprint density at radius 2 is 2.00 bits per heavy atom. The number of nitrogens with zero attached hydrogens (tertiary/aromatic N) is 1. The monoisotopic (exact) mass is 273 g/mol. The highest BCUT2D eigenvalue weighted by atomic mass is 16.6. The number of amides is 1. The molecule has 20 heavy (non-hydrogen) atoms. The Morgan fingerprint density at radius 3 is 2.75 bits per heavy atom. The fourth-order valence-corrected chi connectivity index (χ4v) is 1.83. The smallest absolute Gasteiger partial charge is 0.422 e. The second-order valence-electron chi connectivity index (χ2n) is 5.47. The predicted octanol–water partition coefficient (Wildman–Crippen LogP) is 2.76. The molecule has 1 amide bonds. The first-order valence-electron chi connectivity index (χ1n) is 6.50. The van der Waals surface area contributed by atoms with E-state index in [-0.39, 0.29) is 0 Å². The maximum absolute atomic E-state index is 11.5. The summed E-state index contributed by atoms with van der Waals surface area (Å²) in [6.07, 6.45) is 1.26. The molecule has 2 aromatic rings. The van der Waals surface area contributed by atoms with Crippen molar-refractivity contribution in [2.45, 2.75) is 32.9 Å². The number of hydrazine groups is 1. The number of aromatic nitrogens is 1. The fourth-order valence-electron chi connectivity index (χ4n) is 1.83. The molecule has 0 saturated carbocycles. The van der Waals surface area contributed by atoms with Gasteiger partial charge in [-0.3, -0.25) is 10.4 Å². The van der Waals surface area contributed by atoms with Crippen LogP contribution in [0.25, 0.3) is 10.9 Å². The van der Waals surface area contributed by atoms with Crippen molar-refractivity contribution in [1.29, 1.82) is 0 Å². The molecule has 2 N–H and O–H groups in total. The minimum Gasteiger partial charge on any atom is -0.443 e. The van der Waals surface area contributed by atoms with Crippen LogP contribution in [0.5, 0.6) is 0 Å². The van der Waals surface area contributed by atoms with E-state index >= 15 is 0 Å². The molecule has 106 valence electrons. The lowest BCUT2D eigenvalue weighted by molar-refractivity contribution is 0.0497. The van der Waals surface area contributed by atoms with E-state index < -0.39 is 11.7 Å². The summed E-state index contributed by atoms with van der Waals surface area (Å²) < 4.78 is 5.13. The quantitative estimate of drug-likeness (QED) is 0.844. The molecule has 0 aliphatic rings. The van der Waals surface area contributed by atoms with Crippen LogP contribution in [0.2, 0.25) is 0 Å². The third-order valence-corrected chi connectivity index (χ3v) is 2.58. The van der Waals surface area contributed by atoms with Crippen LogP contribution in [0, 0.1) is 0 Å². The van der Waals surface area contributed by atoms with Gasteiger partial charge in [-0.2, -0.15) is 0 Å². The van der Waals surface area contributed by atoms with Crippen molar-refractivity contribution in [2.75, 3.05) is 0 Å². The molecule has 0 unspecified atom stereocenters. The Kier molecular flexibility index (Phi) is 4.20. The lowest BCUT2D eigenvalue weighted by Crippen LogP contribution is -2.40. The van der Waals surface area contributed by atoms with Gasteiger partial charge in [0.1, 0.15) is 5.60 Å². The summed E-state index contributed by atoms with van der Waals surface area (Å²) in [5.41, 5.74) is 6.80. The average Bonchev–Trinajstić information content (AvgIpc) is 2.37. The molecule has 0 fully saturated rings. The van der Waals surface area contributed by atoms with Gasteiger partial charge in [0, 0.05) is 18.1 Å². The van der Waals surface area contributed by atoms with Crippen molar-refractivity contribution in [3.63, 3.8) is 0 Å². The molecule has 0 aliphatic carbocycles. The molecule has 1 aromatic heterocycles. The highest BCUT2D eigenvalue weighted by Gasteiger charge is 2.15. The zero-order valence-electron chi connectivity index (χ0n) is 11.9. The number of nitrogens with one attached hydrogen (secondary N) is 2. The first-order valence-corrected chi connectivity index (χ1v) is 6.50. The van der Waals surface area contributed by atoms with E-state index in [1.54, 1.807) is 6.20 Å². The van der Waals surface area contributed by atoms with E-state index in [2.05, 4.69) is 15.8 Å². The van der Waals surface area contributed by atoms with Crippen molar-refractivity contribution >= 4 is 17.0 Å². The van der Waals surface area contributed by atoms with Crippen molar-refractivity contribution in [1.82, 2.24) is 15.8 Å². The van der Waals surface area contributed by atoms with Gasteiger partial charge in [0.05, 0.1) is 5.52 Å². The molecule has 0 radical (unpaired) electrons. The van der Waals surface area contributed by atoms with E-state index in [9.17, 15) is 4.79 Å². The molecule has 0 atom stereocenters. The van der Waals surface area contributed by atoms with Crippen molar-refractivity contribution in [2.24, 2.45) is 0 Å². The Morgan fingerprint density at radius 1 is 1.25 bits per heavy atom. The zero-order chi connectivity index (χ0) is 14.6. The summed E-state index contributed by atoms with van der Waals surface area (Å²) in [5, 5.41) is 1.07. The Labute approximate surface area is 118 Å². The lowest BCUT2D eigenvalue weighted by atomic mass is 10.1. The summed E-state index contributed by atoms with van der Waals surface area (Å²) in [6, 6.07) is 9.85. The average molecular weight is 273 g/mol. The number of ether oxygens (including phenoxy) is 1. The van der Waals surface area contributed by atoms with E-state index in [1.807, 2.05) is 51.1 Å². The minimum absolute atomic E-state index is 0.480. The van der Waals surface area contributed by atoms with Crippen LogP contribution >= 0.6 is 0 Å². The zero-order valence-corrected chi connectivity index (χ0v) is 11.9. The number of pyridine rings is 1. The number of carbonyl (C=O) groups is 1. The molecule has 1 aromatic carbocycles. The van der Waals surface area contributed by atoms with Crippen LogP contribution in [0.15, 0.2) is 36.5 Å². The van der Waals surface area contributed by atoms with Gasteiger partial charge < -0.3 is 4.74 Å². The Balaban J connectivity index is 1.95. The van der Waals surface area contributed by atoms with Crippen LogP contribution in [0.1, 0.15) is 26.3 Å². The van der Waals surface area contributed by atoms with Gasteiger partial charge >= 0.3 is 6.09 Å². The normalized spacial score (nSPS) is 11.3. The Hall–Kier alpha value is -2.14. The molecular weight excluding hydrogens is 254 g/mol. The van der Waals surface area contributed by atoms with Crippen LogP contribution in [0.4, 0.5) is 4.79 Å². The van der Waals surface area contributed by atoms with E-state index in [1.165, 1.54) is 0 Å². The highest BCUT2D eigenvalue weighted by molar-refractivity contribution is 5.81. The van der Waals surface area contributed by atoms with Gasteiger partial charge in [-0.25, -0.2) is 10.2 Å². The van der Waals surface area contributed by atoms with E-state index in [0.717, 1.165) is 16.5 Å². The van der Waals surface area contributed by atoms with Crippen LogP contribution in [-0.4, -0.2) is 16.7 Å². The maximum Gasteiger partial charge on any atom is 0.422 e. The van der Waals surface area contributed by atoms with Gasteiger partial charge in [0.2, 0.25) is 0 Å². The molecule has 2 rings (SSSR count). The van der Waals surface area contributed by atoms with Crippen LogP contribution in [0.3, 0.4) is 0 Å². The number of hydrogen-bond donors (Lipinski definition) is 2. The van der Waals surface area contributed by atoms with Crippen molar-refractivity contribution in [3.8, 4) is 0 Å². The first-order chi connectivity index (χ1) is 9.46. The Bertz CT molecular complexity index is 600. The summed E-state index contributed by atoms with van der Waals surface area (Å²) in [5.74, 6) is 0. The third-order valence-electron chi connectivity index (χ3n) is 2.58. The number of para-hydroxylation sites is 1. The van der Waals surface area contributed by atoms with Crippen LogP contribution in [-0.2, 0) is 11.3 Å². The van der Waals surface area contributed by atoms with E-state index in [4.69, 9.17) is 4.74 Å². The second kappa shape index (κ2) is 5.88. The lowest BCUT2D eigenvalue weighted by Gasteiger charge is -2.19. The molecule has 0 aliphatic heterocycles. The maximum atomic E-state index is 11.5. The predicted molar refractivity (Wildman–Crippen MR) is 78.0 cm³/mol. The summed E-state index contributed by atoms with van der Waals surface area (Å²) >= 11 is 0. The highest BCUT2D eigenvalue weighted by Crippen LogP contribution is 2.15. The molecule has 1 heterocycles. The second-order valence-corrected chi connectivity index (χ2v) is 5.47. The number of hydrogen-bond acceptors (Lipinski definition) is 4. The molecule has 0 saturated heterocycles.